The van der Waals surface area contributed by atoms with E-state index in [2.05, 4.69) is 20.5 Å². The van der Waals surface area contributed by atoms with Gasteiger partial charge in [-0.05, 0) is 48.2 Å². The molecule has 0 radical (unpaired) electrons. The molecule has 0 atom stereocenters. The van der Waals surface area contributed by atoms with Crippen molar-refractivity contribution in [3.8, 4) is 5.75 Å². The zero-order chi connectivity index (χ0) is 18.6. The maximum Gasteiger partial charge on any atom is 0.275 e. The van der Waals surface area contributed by atoms with Gasteiger partial charge >= 0.3 is 0 Å². The van der Waals surface area contributed by atoms with Crippen molar-refractivity contribution in [1.29, 1.82) is 0 Å². The standard InChI is InChI=1S/C19H14N4O3S/c24-16-8-4-1-5-13(16)18(25)23-20-11-12-9-10-17(26-12)27-19-21-14-6-2-3-7-15(14)22-19/h1-11,24H,(H,21,22)(H,23,25). The molecule has 4 rings (SSSR count). The zero-order valence-corrected chi connectivity index (χ0v) is 14.7. The summed E-state index contributed by atoms with van der Waals surface area (Å²) >= 11 is 1.36. The van der Waals surface area contributed by atoms with Gasteiger partial charge in [-0.25, -0.2) is 10.4 Å². The van der Waals surface area contributed by atoms with Crippen molar-refractivity contribution in [2.45, 2.75) is 10.2 Å². The fraction of sp³-hybridized carbons (Fsp3) is 0. The molecule has 2 heterocycles. The van der Waals surface area contributed by atoms with Crippen molar-refractivity contribution in [2.75, 3.05) is 0 Å². The summed E-state index contributed by atoms with van der Waals surface area (Å²) in [5.74, 6) is -0.133. The highest BCUT2D eigenvalue weighted by Crippen LogP contribution is 2.28. The molecule has 0 fully saturated rings. The average molecular weight is 378 g/mol. The summed E-state index contributed by atoms with van der Waals surface area (Å²) in [6.45, 7) is 0. The van der Waals surface area contributed by atoms with Crippen LogP contribution in [0.2, 0.25) is 0 Å². The molecular weight excluding hydrogens is 364 g/mol. The molecule has 0 bridgehead atoms. The SMILES string of the molecule is O=C(NN=Cc1ccc(Sc2nc3ccccc3[nH]2)o1)c1ccccc1O. The minimum atomic E-state index is -0.507. The molecule has 0 saturated heterocycles. The van der Waals surface area contributed by atoms with Gasteiger partial charge in [-0.2, -0.15) is 5.10 Å². The van der Waals surface area contributed by atoms with Crippen molar-refractivity contribution in [1.82, 2.24) is 15.4 Å². The molecule has 0 aliphatic heterocycles. The number of phenols is 1. The lowest BCUT2D eigenvalue weighted by molar-refractivity contribution is 0.0952. The number of benzene rings is 2. The van der Waals surface area contributed by atoms with E-state index >= 15 is 0 Å². The van der Waals surface area contributed by atoms with Gasteiger partial charge in [0, 0.05) is 0 Å². The van der Waals surface area contributed by atoms with E-state index in [1.165, 1.54) is 30.1 Å². The quantitative estimate of drug-likeness (QED) is 0.362. The summed E-state index contributed by atoms with van der Waals surface area (Å²) in [6, 6.07) is 17.5. The molecule has 0 spiro atoms. The number of nitrogens with zero attached hydrogens (tertiary/aromatic N) is 2. The molecule has 2 aromatic heterocycles. The van der Waals surface area contributed by atoms with Gasteiger partial charge in [-0.3, -0.25) is 4.79 Å². The second kappa shape index (κ2) is 7.38. The predicted octanol–water partition coefficient (Wildman–Crippen LogP) is 3.78. The highest BCUT2D eigenvalue weighted by molar-refractivity contribution is 7.99. The summed E-state index contributed by atoms with van der Waals surface area (Å²) in [4.78, 5) is 19.6. The number of carbonyl (C=O) groups excluding carboxylic acids is 1. The molecule has 1 amide bonds. The molecule has 8 heteroatoms. The van der Waals surface area contributed by atoms with Crippen molar-refractivity contribution in [2.24, 2.45) is 5.10 Å². The highest BCUT2D eigenvalue weighted by Gasteiger charge is 2.09. The van der Waals surface area contributed by atoms with Crippen molar-refractivity contribution in [3.05, 3.63) is 72.0 Å². The molecular formula is C19H14N4O3S. The number of fused-ring (bicyclic) bond motifs is 1. The molecule has 2 aromatic carbocycles. The lowest BCUT2D eigenvalue weighted by Gasteiger charge is -2.01. The Morgan fingerprint density at radius 1 is 1.15 bits per heavy atom. The van der Waals surface area contributed by atoms with Crippen LogP contribution >= 0.6 is 11.8 Å². The largest absolute Gasteiger partial charge is 0.507 e. The van der Waals surface area contributed by atoms with E-state index in [4.69, 9.17) is 4.42 Å². The first-order valence-electron chi connectivity index (χ1n) is 8.03. The van der Waals surface area contributed by atoms with Gasteiger partial charge in [-0.15, -0.1) is 0 Å². The van der Waals surface area contributed by atoms with Crippen LogP contribution in [0.25, 0.3) is 11.0 Å². The van der Waals surface area contributed by atoms with Crippen molar-refractivity contribution < 1.29 is 14.3 Å². The number of hydrogen-bond acceptors (Lipinski definition) is 6. The number of amides is 1. The van der Waals surface area contributed by atoms with Crippen LogP contribution in [0, 0.1) is 0 Å². The number of hydrogen-bond donors (Lipinski definition) is 3. The minimum Gasteiger partial charge on any atom is -0.507 e. The Morgan fingerprint density at radius 2 is 1.96 bits per heavy atom. The summed E-state index contributed by atoms with van der Waals surface area (Å²) in [6.07, 6.45) is 1.39. The topological polar surface area (TPSA) is 104 Å². The number of rotatable bonds is 5. The second-order valence-electron chi connectivity index (χ2n) is 5.53. The van der Waals surface area contributed by atoms with E-state index in [0.717, 1.165) is 16.2 Å². The number of imidazole rings is 1. The van der Waals surface area contributed by atoms with E-state index in [9.17, 15) is 9.90 Å². The first-order valence-corrected chi connectivity index (χ1v) is 8.84. The van der Waals surface area contributed by atoms with Gasteiger partial charge in [0.25, 0.3) is 5.91 Å². The summed E-state index contributed by atoms with van der Waals surface area (Å²) < 4.78 is 5.65. The number of carbonyl (C=O) groups is 1. The number of nitrogens with one attached hydrogen (secondary N) is 2. The van der Waals surface area contributed by atoms with Crippen molar-refractivity contribution >= 4 is 34.9 Å². The Kier molecular flexibility index (Phi) is 4.63. The van der Waals surface area contributed by atoms with Crippen LogP contribution < -0.4 is 5.43 Å². The summed E-state index contributed by atoms with van der Waals surface area (Å²) in [5.41, 5.74) is 4.35. The van der Waals surface area contributed by atoms with Crippen LogP contribution in [0.1, 0.15) is 16.1 Å². The van der Waals surface area contributed by atoms with Gasteiger partial charge in [0.15, 0.2) is 10.2 Å². The van der Waals surface area contributed by atoms with Crippen molar-refractivity contribution in [3.63, 3.8) is 0 Å². The lowest BCUT2D eigenvalue weighted by Crippen LogP contribution is -2.17. The maximum atomic E-state index is 12.0. The lowest BCUT2D eigenvalue weighted by atomic mass is 10.2. The number of para-hydroxylation sites is 3. The van der Waals surface area contributed by atoms with Crippen LogP contribution in [-0.4, -0.2) is 27.2 Å². The molecule has 0 unspecified atom stereocenters. The van der Waals surface area contributed by atoms with E-state index in [1.807, 2.05) is 24.3 Å². The summed E-state index contributed by atoms with van der Waals surface area (Å²) in [5, 5.41) is 14.9. The number of furan rings is 1. The van der Waals surface area contributed by atoms with E-state index in [1.54, 1.807) is 24.3 Å². The number of aromatic amines is 1. The Labute approximate surface area is 158 Å². The zero-order valence-electron chi connectivity index (χ0n) is 13.9. The number of aromatic hydroxyl groups is 1. The Morgan fingerprint density at radius 3 is 2.81 bits per heavy atom. The van der Waals surface area contributed by atoms with E-state index < -0.39 is 5.91 Å². The van der Waals surface area contributed by atoms with Gasteiger partial charge in [0.2, 0.25) is 0 Å². The minimum absolute atomic E-state index is 0.104. The van der Waals surface area contributed by atoms with Crippen LogP contribution in [0.5, 0.6) is 5.75 Å². The average Bonchev–Trinajstić information content (AvgIpc) is 3.28. The van der Waals surface area contributed by atoms with Gasteiger partial charge in [-0.1, -0.05) is 24.3 Å². The number of phenolic OH excluding ortho intramolecular Hbond substituents is 1. The fourth-order valence-corrected chi connectivity index (χ4v) is 3.18. The van der Waals surface area contributed by atoms with E-state index in [-0.39, 0.29) is 11.3 Å². The normalized spacial score (nSPS) is 11.3. The molecule has 134 valence electrons. The first kappa shape index (κ1) is 16.9. The highest BCUT2D eigenvalue weighted by atomic mass is 32.2. The summed E-state index contributed by atoms with van der Waals surface area (Å²) in [7, 11) is 0. The maximum absolute atomic E-state index is 12.0. The molecule has 4 aromatic rings. The molecule has 0 aliphatic rings. The Hall–Kier alpha value is -3.52. The third kappa shape index (κ3) is 3.85. The van der Waals surface area contributed by atoms with Gasteiger partial charge < -0.3 is 14.5 Å². The molecule has 0 saturated carbocycles. The number of aromatic nitrogens is 2. The fourth-order valence-electron chi connectivity index (χ4n) is 2.41. The van der Waals surface area contributed by atoms with Gasteiger partial charge in [0.05, 0.1) is 22.8 Å². The predicted molar refractivity (Wildman–Crippen MR) is 102 cm³/mol. The monoisotopic (exact) mass is 378 g/mol. The third-order valence-electron chi connectivity index (χ3n) is 3.67. The van der Waals surface area contributed by atoms with Crippen LogP contribution in [0.3, 0.4) is 0 Å². The Balaban J connectivity index is 1.39. The van der Waals surface area contributed by atoms with E-state index in [0.29, 0.717) is 10.9 Å². The van der Waals surface area contributed by atoms with Gasteiger partial charge in [0.1, 0.15) is 11.5 Å². The Bertz CT molecular complexity index is 1100. The first-order chi connectivity index (χ1) is 13.2. The molecule has 27 heavy (non-hydrogen) atoms. The van der Waals surface area contributed by atoms with Crippen LogP contribution in [-0.2, 0) is 0 Å². The number of H-pyrrole nitrogens is 1. The van der Waals surface area contributed by atoms with Crippen LogP contribution in [0.15, 0.2) is 80.4 Å². The number of hydrazone groups is 1. The smallest absolute Gasteiger partial charge is 0.275 e. The third-order valence-corrected chi connectivity index (χ3v) is 4.48. The van der Waals surface area contributed by atoms with Crippen LogP contribution in [0.4, 0.5) is 0 Å². The second-order valence-corrected chi connectivity index (χ2v) is 6.53. The molecule has 0 aliphatic carbocycles. The molecule has 3 N–H and O–H groups in total. The molecule has 7 nitrogen and oxygen atoms in total.